The fourth-order valence-electron chi connectivity index (χ4n) is 1.32. The van der Waals surface area contributed by atoms with Gasteiger partial charge in [0.15, 0.2) is 0 Å². The Bertz CT molecular complexity index is 407. The summed E-state index contributed by atoms with van der Waals surface area (Å²) >= 11 is 0. The third-order valence-electron chi connectivity index (χ3n) is 2.03. The molecule has 69 valence electrons. The summed E-state index contributed by atoms with van der Waals surface area (Å²) in [4.78, 5) is 0. The Morgan fingerprint density at radius 3 is 2.14 bits per heavy atom. The molecule has 0 bridgehead atoms. The molecule has 0 saturated heterocycles. The van der Waals surface area contributed by atoms with Crippen LogP contribution in [0.15, 0.2) is 54.6 Å². The van der Waals surface area contributed by atoms with Crippen molar-refractivity contribution in [1.29, 1.82) is 0 Å². The van der Waals surface area contributed by atoms with Crippen molar-refractivity contribution in [3.05, 3.63) is 78.0 Å². The summed E-state index contributed by atoms with van der Waals surface area (Å²) in [5.74, 6) is -0.184. The molecule has 0 N–H and O–H groups in total. The lowest BCUT2D eigenvalue weighted by Gasteiger charge is -2.01. The van der Waals surface area contributed by atoms with Gasteiger partial charge in [-0.1, -0.05) is 48.5 Å². The topological polar surface area (TPSA) is 0 Å². The van der Waals surface area contributed by atoms with Crippen molar-refractivity contribution in [1.82, 2.24) is 0 Å². The lowest BCUT2D eigenvalue weighted by Crippen LogP contribution is -1.88. The highest BCUT2D eigenvalue weighted by molar-refractivity contribution is 5.37. The second-order valence-electron chi connectivity index (χ2n) is 3.08. The van der Waals surface area contributed by atoms with E-state index in [4.69, 9.17) is 0 Å². The Morgan fingerprint density at radius 1 is 0.786 bits per heavy atom. The highest BCUT2D eigenvalue weighted by atomic mass is 19.1. The molecular formula is C13H10F. The highest BCUT2D eigenvalue weighted by Crippen LogP contribution is 2.14. The average Bonchev–Trinajstić information content (AvgIpc) is 2.23. The van der Waals surface area contributed by atoms with Crippen LogP contribution in [0.25, 0.3) is 0 Å². The maximum absolute atomic E-state index is 13.2. The Morgan fingerprint density at radius 2 is 1.43 bits per heavy atom. The van der Waals surface area contributed by atoms with Gasteiger partial charge in [-0.15, -0.1) is 0 Å². The molecule has 2 aromatic rings. The Balaban J connectivity index is 2.24. The second kappa shape index (κ2) is 4.05. The van der Waals surface area contributed by atoms with Crippen molar-refractivity contribution in [3.8, 4) is 0 Å². The van der Waals surface area contributed by atoms with Crippen LogP contribution in [0.1, 0.15) is 11.1 Å². The van der Waals surface area contributed by atoms with Crippen molar-refractivity contribution < 1.29 is 4.39 Å². The summed E-state index contributed by atoms with van der Waals surface area (Å²) < 4.78 is 13.2. The molecule has 1 radical (unpaired) electrons. The molecule has 0 aliphatic rings. The Kier molecular flexibility index (Phi) is 2.59. The van der Waals surface area contributed by atoms with Gasteiger partial charge in [-0.2, -0.15) is 0 Å². The van der Waals surface area contributed by atoms with Crippen molar-refractivity contribution in [2.75, 3.05) is 0 Å². The highest BCUT2D eigenvalue weighted by Gasteiger charge is 2.01. The van der Waals surface area contributed by atoms with Gasteiger partial charge < -0.3 is 0 Å². The Hall–Kier alpha value is -1.63. The summed E-state index contributed by atoms with van der Waals surface area (Å²) in [7, 11) is 0. The Labute approximate surface area is 83.0 Å². The van der Waals surface area contributed by atoms with Gasteiger partial charge in [-0.05, 0) is 17.2 Å². The van der Waals surface area contributed by atoms with E-state index in [1.165, 1.54) is 6.07 Å². The lowest BCUT2D eigenvalue weighted by atomic mass is 10.0. The predicted molar refractivity (Wildman–Crippen MR) is 55.3 cm³/mol. The molecule has 0 atom stereocenters. The van der Waals surface area contributed by atoms with Crippen LogP contribution >= 0.6 is 0 Å². The van der Waals surface area contributed by atoms with E-state index in [1.54, 1.807) is 12.1 Å². The number of benzene rings is 2. The summed E-state index contributed by atoms with van der Waals surface area (Å²) in [5, 5.41) is 0. The molecule has 0 amide bonds. The van der Waals surface area contributed by atoms with Crippen LogP contribution in [0.2, 0.25) is 0 Å². The van der Waals surface area contributed by atoms with Gasteiger partial charge in [0, 0.05) is 6.42 Å². The first-order valence-corrected chi connectivity index (χ1v) is 4.50. The second-order valence-corrected chi connectivity index (χ2v) is 3.08. The predicted octanol–water partition coefficient (Wildman–Crippen LogP) is 3.43. The van der Waals surface area contributed by atoms with Gasteiger partial charge in [-0.3, -0.25) is 0 Å². The first-order valence-electron chi connectivity index (χ1n) is 4.50. The van der Waals surface area contributed by atoms with Crippen LogP contribution in [0.3, 0.4) is 0 Å². The van der Waals surface area contributed by atoms with E-state index in [1.807, 2.05) is 42.8 Å². The van der Waals surface area contributed by atoms with Crippen molar-refractivity contribution in [3.63, 3.8) is 0 Å². The molecule has 0 heterocycles. The van der Waals surface area contributed by atoms with Gasteiger partial charge in [0.25, 0.3) is 0 Å². The van der Waals surface area contributed by atoms with E-state index >= 15 is 0 Å². The molecule has 1 heteroatoms. The zero-order valence-electron chi connectivity index (χ0n) is 7.65. The largest absolute Gasteiger partial charge is 0.207 e. The van der Waals surface area contributed by atoms with Gasteiger partial charge in [0.1, 0.15) is 5.82 Å². The van der Waals surface area contributed by atoms with Crippen LogP contribution in [0, 0.1) is 12.2 Å². The molecule has 2 aromatic carbocycles. The number of rotatable bonds is 2. The van der Waals surface area contributed by atoms with Crippen LogP contribution in [-0.4, -0.2) is 0 Å². The molecule has 0 unspecified atom stereocenters. The number of halogens is 1. The third-order valence-corrected chi connectivity index (χ3v) is 2.03. The smallest absolute Gasteiger partial charge is 0.127 e. The van der Waals surface area contributed by atoms with Crippen LogP contribution in [0.4, 0.5) is 4.39 Å². The molecule has 0 spiro atoms. The zero-order chi connectivity index (χ0) is 9.80. The summed E-state index contributed by atoms with van der Waals surface area (Å²) in [5.41, 5.74) is 1.64. The minimum Gasteiger partial charge on any atom is -0.207 e. The monoisotopic (exact) mass is 185 g/mol. The van der Waals surface area contributed by atoms with Crippen molar-refractivity contribution in [2.24, 2.45) is 0 Å². The number of hydrogen-bond acceptors (Lipinski definition) is 0. The van der Waals surface area contributed by atoms with E-state index in [0.717, 1.165) is 5.56 Å². The van der Waals surface area contributed by atoms with Crippen molar-refractivity contribution >= 4 is 0 Å². The van der Waals surface area contributed by atoms with Crippen LogP contribution < -0.4 is 0 Å². The molecule has 14 heavy (non-hydrogen) atoms. The van der Waals surface area contributed by atoms with E-state index < -0.39 is 0 Å². The molecule has 0 aliphatic heterocycles. The first kappa shape index (κ1) is 8.95. The molecular weight excluding hydrogens is 175 g/mol. The van der Waals surface area contributed by atoms with Crippen LogP contribution in [0.5, 0.6) is 0 Å². The van der Waals surface area contributed by atoms with Gasteiger partial charge in [0.2, 0.25) is 0 Å². The fourth-order valence-corrected chi connectivity index (χ4v) is 1.32. The minimum atomic E-state index is -0.184. The maximum atomic E-state index is 13.2. The lowest BCUT2D eigenvalue weighted by molar-refractivity contribution is 0.621. The van der Waals surface area contributed by atoms with E-state index in [-0.39, 0.29) is 5.82 Å². The normalized spacial score (nSPS) is 10.1. The molecule has 0 fully saturated rings. The molecule has 0 aromatic heterocycles. The molecule has 0 saturated carbocycles. The van der Waals surface area contributed by atoms with Crippen LogP contribution in [-0.2, 0) is 0 Å². The average molecular weight is 185 g/mol. The summed E-state index contributed by atoms with van der Waals surface area (Å²) in [6, 6.07) is 16.5. The minimum absolute atomic E-state index is 0.184. The number of hydrogen-bond donors (Lipinski definition) is 0. The quantitative estimate of drug-likeness (QED) is 0.672. The SMILES string of the molecule is Fc1ccccc1[CH]c1ccccc1. The van der Waals surface area contributed by atoms with Gasteiger partial charge in [-0.25, -0.2) is 4.39 Å². The third kappa shape index (κ3) is 1.99. The molecule has 0 nitrogen and oxygen atoms in total. The molecule has 0 aliphatic carbocycles. The van der Waals surface area contributed by atoms with E-state index in [0.29, 0.717) is 5.56 Å². The fraction of sp³-hybridized carbons (Fsp3) is 0. The summed E-state index contributed by atoms with van der Waals surface area (Å²) in [6.45, 7) is 0. The van der Waals surface area contributed by atoms with E-state index in [9.17, 15) is 4.39 Å². The molecule has 2 rings (SSSR count). The summed E-state index contributed by atoms with van der Waals surface area (Å²) in [6.07, 6.45) is 1.83. The maximum Gasteiger partial charge on any atom is 0.127 e. The standard InChI is InChI=1S/C13H10F/c14-13-9-5-4-8-12(13)10-11-6-2-1-3-7-11/h1-10H. The van der Waals surface area contributed by atoms with E-state index in [2.05, 4.69) is 0 Å². The zero-order valence-corrected chi connectivity index (χ0v) is 7.65. The first-order chi connectivity index (χ1) is 6.86. The van der Waals surface area contributed by atoms with Gasteiger partial charge in [0.05, 0.1) is 0 Å². The van der Waals surface area contributed by atoms with Crippen molar-refractivity contribution in [2.45, 2.75) is 0 Å². The van der Waals surface area contributed by atoms with Gasteiger partial charge >= 0.3 is 0 Å².